The topological polar surface area (TPSA) is 63.7 Å². The largest absolute Gasteiger partial charge is 0.454 e. The molecule has 0 aliphatic rings. The van der Waals surface area contributed by atoms with Crippen LogP contribution in [0.2, 0.25) is 0 Å². The molecule has 0 aliphatic heterocycles. The lowest BCUT2D eigenvalue weighted by atomic mass is 9.91. The fourth-order valence-electron chi connectivity index (χ4n) is 2.41. The molecule has 1 amide bonds. The average Bonchev–Trinajstić information content (AvgIpc) is 2.69. The second-order valence-corrected chi connectivity index (χ2v) is 9.03. The fraction of sp³-hybridized carbons (Fsp3) is 0.348. The van der Waals surface area contributed by atoms with Crippen LogP contribution in [0, 0.1) is 5.41 Å². The number of carbonyl (C=O) groups is 3. The summed E-state index contributed by atoms with van der Waals surface area (Å²) in [5, 5.41) is -0.503. The van der Waals surface area contributed by atoms with Gasteiger partial charge in [-0.05, 0) is 17.7 Å². The maximum atomic E-state index is 12.8. The highest BCUT2D eigenvalue weighted by atomic mass is 32.2. The van der Waals surface area contributed by atoms with Crippen LogP contribution in [0.5, 0.6) is 0 Å². The maximum absolute atomic E-state index is 12.8. The van der Waals surface area contributed by atoms with Crippen LogP contribution in [-0.2, 0) is 14.3 Å². The van der Waals surface area contributed by atoms with Crippen LogP contribution in [0.25, 0.3) is 0 Å². The molecule has 0 bridgehead atoms. The first-order chi connectivity index (χ1) is 13.6. The molecule has 0 saturated heterocycles. The molecule has 0 aromatic heterocycles. The van der Waals surface area contributed by atoms with E-state index in [1.54, 1.807) is 53.1 Å². The van der Waals surface area contributed by atoms with Crippen LogP contribution in [0.4, 0.5) is 0 Å². The molecule has 0 N–H and O–H groups in total. The number of hydrogen-bond acceptors (Lipinski definition) is 5. The Morgan fingerprint density at radius 2 is 1.55 bits per heavy atom. The highest BCUT2D eigenvalue weighted by molar-refractivity contribution is 8.00. The Kier molecular flexibility index (Phi) is 7.62. The monoisotopic (exact) mass is 413 g/mol. The SMILES string of the molecule is CN(C)C(=O)[C@H](Sc1ccccc1C(=O)OCC(=O)C(C)(C)C)c1ccccc1. The Labute approximate surface area is 176 Å². The number of thioether (sulfide) groups is 1. The Morgan fingerprint density at radius 3 is 2.14 bits per heavy atom. The van der Waals surface area contributed by atoms with Gasteiger partial charge in [0.2, 0.25) is 5.91 Å². The number of ketones is 1. The highest BCUT2D eigenvalue weighted by Crippen LogP contribution is 2.38. The predicted molar refractivity (Wildman–Crippen MR) is 115 cm³/mol. The molecular formula is C23H27NO4S. The van der Waals surface area contributed by atoms with Gasteiger partial charge in [-0.3, -0.25) is 9.59 Å². The van der Waals surface area contributed by atoms with Gasteiger partial charge in [-0.1, -0.05) is 63.2 Å². The molecule has 0 aliphatic carbocycles. The zero-order valence-electron chi connectivity index (χ0n) is 17.5. The van der Waals surface area contributed by atoms with Gasteiger partial charge < -0.3 is 9.64 Å². The van der Waals surface area contributed by atoms with Crippen molar-refractivity contribution in [2.45, 2.75) is 30.9 Å². The van der Waals surface area contributed by atoms with E-state index in [-0.39, 0.29) is 18.3 Å². The van der Waals surface area contributed by atoms with Gasteiger partial charge in [-0.15, -0.1) is 11.8 Å². The summed E-state index contributed by atoms with van der Waals surface area (Å²) >= 11 is 1.30. The normalized spacial score (nSPS) is 12.2. The number of esters is 1. The first-order valence-corrected chi connectivity index (χ1v) is 10.2. The number of benzene rings is 2. The van der Waals surface area contributed by atoms with Crippen LogP contribution < -0.4 is 0 Å². The summed E-state index contributed by atoms with van der Waals surface area (Å²) in [6, 6.07) is 16.4. The van der Waals surface area contributed by atoms with E-state index in [4.69, 9.17) is 4.74 Å². The van der Waals surface area contributed by atoms with Crippen molar-refractivity contribution in [1.82, 2.24) is 4.90 Å². The molecule has 0 unspecified atom stereocenters. The van der Waals surface area contributed by atoms with Crippen LogP contribution in [-0.4, -0.2) is 43.3 Å². The summed E-state index contributed by atoms with van der Waals surface area (Å²) in [4.78, 5) is 39.7. The number of nitrogens with zero attached hydrogens (tertiary/aromatic N) is 1. The van der Waals surface area contributed by atoms with Crippen LogP contribution in [0.15, 0.2) is 59.5 Å². The Morgan fingerprint density at radius 1 is 0.966 bits per heavy atom. The van der Waals surface area contributed by atoms with Crippen molar-refractivity contribution in [3.8, 4) is 0 Å². The second kappa shape index (κ2) is 9.74. The highest BCUT2D eigenvalue weighted by Gasteiger charge is 2.27. The summed E-state index contributed by atoms with van der Waals surface area (Å²) in [7, 11) is 3.41. The molecule has 6 heteroatoms. The molecule has 1 atom stereocenters. The molecule has 2 aromatic rings. The fourth-order valence-corrected chi connectivity index (χ4v) is 3.71. The Hall–Kier alpha value is -2.60. The third kappa shape index (κ3) is 6.19. The molecule has 0 radical (unpaired) electrons. The van der Waals surface area contributed by atoms with Crippen molar-refractivity contribution in [3.63, 3.8) is 0 Å². The van der Waals surface area contributed by atoms with Crippen LogP contribution in [0.1, 0.15) is 41.9 Å². The number of likely N-dealkylation sites (N-methyl/N-ethyl adjacent to an activating group) is 1. The van der Waals surface area contributed by atoms with Gasteiger partial charge in [0.1, 0.15) is 5.25 Å². The van der Waals surface area contributed by atoms with Gasteiger partial charge in [-0.25, -0.2) is 4.79 Å². The van der Waals surface area contributed by atoms with Crippen molar-refractivity contribution in [1.29, 1.82) is 0 Å². The van der Waals surface area contributed by atoms with Crippen molar-refractivity contribution >= 4 is 29.4 Å². The third-order valence-corrected chi connectivity index (χ3v) is 5.61. The molecule has 2 aromatic carbocycles. The minimum absolute atomic E-state index is 0.0766. The molecule has 0 heterocycles. The zero-order chi connectivity index (χ0) is 21.6. The maximum Gasteiger partial charge on any atom is 0.339 e. The molecule has 0 saturated carbocycles. The molecule has 29 heavy (non-hydrogen) atoms. The van der Waals surface area contributed by atoms with E-state index in [9.17, 15) is 14.4 Å². The number of hydrogen-bond donors (Lipinski definition) is 0. The first-order valence-electron chi connectivity index (χ1n) is 9.33. The summed E-state index contributed by atoms with van der Waals surface area (Å²) < 4.78 is 5.26. The van der Waals surface area contributed by atoms with Gasteiger partial charge in [-0.2, -0.15) is 0 Å². The number of carbonyl (C=O) groups excluding carboxylic acids is 3. The quantitative estimate of drug-likeness (QED) is 0.498. The molecule has 2 rings (SSSR count). The van der Waals surface area contributed by atoms with E-state index in [1.165, 1.54) is 16.7 Å². The van der Waals surface area contributed by atoms with Gasteiger partial charge in [0.25, 0.3) is 0 Å². The van der Waals surface area contributed by atoms with Gasteiger partial charge in [0.05, 0.1) is 5.56 Å². The summed E-state index contributed by atoms with van der Waals surface area (Å²) in [6.07, 6.45) is 0. The van der Waals surface area contributed by atoms with E-state index in [0.717, 1.165) is 5.56 Å². The van der Waals surface area contributed by atoms with Crippen molar-refractivity contribution in [2.24, 2.45) is 5.41 Å². The Bertz CT molecular complexity index is 872. The van der Waals surface area contributed by atoms with E-state index in [0.29, 0.717) is 10.5 Å². The lowest BCUT2D eigenvalue weighted by Crippen LogP contribution is -2.27. The van der Waals surface area contributed by atoms with Crippen molar-refractivity contribution < 1.29 is 19.1 Å². The zero-order valence-corrected chi connectivity index (χ0v) is 18.3. The third-order valence-electron chi connectivity index (χ3n) is 4.29. The first kappa shape index (κ1) is 22.7. The van der Waals surface area contributed by atoms with Crippen LogP contribution in [0.3, 0.4) is 0 Å². The standard InChI is InChI=1S/C23H27NO4S/c1-23(2,3)19(25)15-28-22(27)17-13-9-10-14-18(17)29-20(21(26)24(4)5)16-11-7-6-8-12-16/h6-14,20H,15H2,1-5H3/t20-/m1/s1. The summed E-state index contributed by atoms with van der Waals surface area (Å²) in [5.74, 6) is -0.803. The lowest BCUT2D eigenvalue weighted by Gasteiger charge is -2.21. The van der Waals surface area contributed by atoms with Gasteiger partial charge in [0.15, 0.2) is 12.4 Å². The molecule has 154 valence electrons. The van der Waals surface area contributed by atoms with Crippen LogP contribution >= 0.6 is 11.8 Å². The molecule has 0 fully saturated rings. The smallest absolute Gasteiger partial charge is 0.339 e. The number of amides is 1. The summed E-state index contributed by atoms with van der Waals surface area (Å²) in [5.41, 5.74) is 0.611. The lowest BCUT2D eigenvalue weighted by molar-refractivity contribution is -0.129. The van der Waals surface area contributed by atoms with E-state index < -0.39 is 16.6 Å². The minimum atomic E-state index is -0.578. The number of ether oxygens (including phenoxy) is 1. The Balaban J connectivity index is 2.27. The van der Waals surface area contributed by atoms with Crippen molar-refractivity contribution in [2.75, 3.05) is 20.7 Å². The van der Waals surface area contributed by atoms with Gasteiger partial charge in [0, 0.05) is 24.4 Å². The van der Waals surface area contributed by atoms with Crippen molar-refractivity contribution in [3.05, 3.63) is 65.7 Å². The summed E-state index contributed by atoms with van der Waals surface area (Å²) in [6.45, 7) is 5.07. The average molecular weight is 414 g/mol. The minimum Gasteiger partial charge on any atom is -0.454 e. The molecule has 5 nitrogen and oxygen atoms in total. The van der Waals surface area contributed by atoms with Gasteiger partial charge >= 0.3 is 5.97 Å². The second-order valence-electron chi connectivity index (χ2n) is 7.89. The van der Waals surface area contributed by atoms with E-state index in [2.05, 4.69) is 0 Å². The number of Topliss-reactive ketones (excluding diaryl/α,β-unsaturated/α-hetero) is 1. The van der Waals surface area contributed by atoms with E-state index >= 15 is 0 Å². The molecular weight excluding hydrogens is 386 g/mol. The predicted octanol–water partition coefficient (Wildman–Crippen LogP) is 4.38. The van der Waals surface area contributed by atoms with E-state index in [1.807, 2.05) is 36.4 Å². The molecule has 0 spiro atoms. The number of rotatable bonds is 7.